The molecule has 3 rings (SSSR count). The first-order valence-corrected chi connectivity index (χ1v) is 8.88. The molecule has 1 aromatic heterocycles. The molecule has 3 aromatic rings. The number of carbonyl (C=O) groups is 1. The van der Waals surface area contributed by atoms with E-state index in [2.05, 4.69) is 15.6 Å². The van der Waals surface area contributed by atoms with E-state index in [4.69, 9.17) is 4.74 Å². The van der Waals surface area contributed by atoms with Gasteiger partial charge < -0.3 is 20.3 Å². The number of carbonyl (C=O) groups excluding carboxylic acids is 1. The summed E-state index contributed by atoms with van der Waals surface area (Å²) in [6, 6.07) is 15.2. The van der Waals surface area contributed by atoms with Crippen molar-refractivity contribution in [1.82, 2.24) is 9.88 Å². The summed E-state index contributed by atoms with van der Waals surface area (Å²) < 4.78 is 5.23. The van der Waals surface area contributed by atoms with Crippen molar-refractivity contribution in [2.24, 2.45) is 0 Å². The van der Waals surface area contributed by atoms with Gasteiger partial charge in [0.25, 0.3) is 0 Å². The maximum atomic E-state index is 11.8. The summed E-state index contributed by atoms with van der Waals surface area (Å²) in [4.78, 5) is 17.9. The molecule has 0 fully saturated rings. The lowest BCUT2D eigenvalue weighted by molar-refractivity contribution is 0.230. The third-order valence-electron chi connectivity index (χ3n) is 3.64. The molecule has 134 valence electrons. The van der Waals surface area contributed by atoms with Gasteiger partial charge in [0.05, 0.1) is 12.8 Å². The van der Waals surface area contributed by atoms with E-state index in [1.54, 1.807) is 21.2 Å². The predicted octanol–water partition coefficient (Wildman–Crippen LogP) is 4.66. The maximum absolute atomic E-state index is 11.8. The first-order chi connectivity index (χ1) is 12.5. The molecule has 0 saturated carbocycles. The van der Waals surface area contributed by atoms with Crippen LogP contribution in [0, 0.1) is 0 Å². The highest BCUT2D eigenvalue weighted by atomic mass is 32.1. The van der Waals surface area contributed by atoms with Crippen LogP contribution < -0.4 is 15.4 Å². The summed E-state index contributed by atoms with van der Waals surface area (Å²) in [7, 11) is 5.05. The van der Waals surface area contributed by atoms with Gasteiger partial charge in [-0.2, -0.15) is 0 Å². The number of rotatable bonds is 5. The molecule has 0 aliphatic heterocycles. The average molecular weight is 368 g/mol. The molecule has 0 bridgehead atoms. The van der Waals surface area contributed by atoms with Crippen LogP contribution >= 0.6 is 11.3 Å². The zero-order valence-electron chi connectivity index (χ0n) is 14.8. The Hall–Kier alpha value is -3.06. The molecule has 26 heavy (non-hydrogen) atoms. The van der Waals surface area contributed by atoms with Gasteiger partial charge in [-0.15, -0.1) is 11.3 Å². The zero-order valence-corrected chi connectivity index (χ0v) is 15.6. The van der Waals surface area contributed by atoms with E-state index in [0.29, 0.717) is 0 Å². The molecule has 0 aliphatic carbocycles. The number of anilines is 3. The van der Waals surface area contributed by atoms with Crippen molar-refractivity contribution in [3.05, 3.63) is 53.9 Å². The van der Waals surface area contributed by atoms with Crippen molar-refractivity contribution in [1.29, 1.82) is 0 Å². The molecule has 0 unspecified atom stereocenters. The van der Waals surface area contributed by atoms with Crippen LogP contribution in [0.5, 0.6) is 5.75 Å². The Kier molecular flexibility index (Phi) is 5.38. The molecule has 2 N–H and O–H groups in total. The van der Waals surface area contributed by atoms with Crippen molar-refractivity contribution in [3.63, 3.8) is 0 Å². The molecule has 0 radical (unpaired) electrons. The molecule has 0 aliphatic rings. The Morgan fingerprint density at radius 3 is 2.65 bits per heavy atom. The van der Waals surface area contributed by atoms with Gasteiger partial charge >= 0.3 is 6.03 Å². The lowest BCUT2D eigenvalue weighted by atomic mass is 10.1. The first-order valence-electron chi connectivity index (χ1n) is 8.00. The number of benzene rings is 2. The maximum Gasteiger partial charge on any atom is 0.321 e. The number of methoxy groups -OCH3 is 1. The lowest BCUT2D eigenvalue weighted by Gasteiger charge is -2.12. The number of ether oxygens (including phenoxy) is 1. The van der Waals surface area contributed by atoms with Gasteiger partial charge in [-0.3, -0.25) is 0 Å². The second-order valence-corrected chi connectivity index (χ2v) is 6.66. The molecule has 6 nitrogen and oxygen atoms in total. The molecule has 0 atom stereocenters. The molecular formula is C19H20N4O2S. The number of hydrogen-bond donors (Lipinski definition) is 2. The SMILES string of the molecule is COc1cccc(Nc2nc(-c3cccc(NC(=O)N(C)C)c3)cs2)c1. The van der Waals surface area contributed by atoms with Gasteiger partial charge in [-0.05, 0) is 24.3 Å². The second kappa shape index (κ2) is 7.88. The van der Waals surface area contributed by atoms with E-state index in [0.717, 1.165) is 33.5 Å². The van der Waals surface area contributed by atoms with Gasteiger partial charge in [0.2, 0.25) is 0 Å². The van der Waals surface area contributed by atoms with Crippen molar-refractivity contribution >= 4 is 33.9 Å². The van der Waals surface area contributed by atoms with E-state index in [-0.39, 0.29) is 6.03 Å². The summed E-state index contributed by atoms with van der Waals surface area (Å²) >= 11 is 1.52. The predicted molar refractivity (Wildman–Crippen MR) is 107 cm³/mol. The van der Waals surface area contributed by atoms with Crippen molar-refractivity contribution in [2.45, 2.75) is 0 Å². The van der Waals surface area contributed by atoms with Crippen molar-refractivity contribution in [2.75, 3.05) is 31.8 Å². The summed E-state index contributed by atoms with van der Waals surface area (Å²) in [5.41, 5.74) is 3.44. The van der Waals surface area contributed by atoms with Crippen LogP contribution in [0.1, 0.15) is 0 Å². The molecule has 7 heteroatoms. The van der Waals surface area contributed by atoms with Crippen LogP contribution in [-0.4, -0.2) is 37.1 Å². The number of urea groups is 1. The third-order valence-corrected chi connectivity index (χ3v) is 4.40. The van der Waals surface area contributed by atoms with Crippen molar-refractivity contribution in [3.8, 4) is 17.0 Å². The normalized spacial score (nSPS) is 10.3. The van der Waals surface area contributed by atoms with Gasteiger partial charge in [0.1, 0.15) is 5.75 Å². The average Bonchev–Trinajstić information content (AvgIpc) is 3.10. The Morgan fingerprint density at radius 2 is 1.88 bits per heavy atom. The highest BCUT2D eigenvalue weighted by Crippen LogP contribution is 2.29. The van der Waals surface area contributed by atoms with Crippen LogP contribution in [0.2, 0.25) is 0 Å². The van der Waals surface area contributed by atoms with E-state index in [1.165, 1.54) is 16.2 Å². The van der Waals surface area contributed by atoms with Crippen molar-refractivity contribution < 1.29 is 9.53 Å². The molecule has 2 amide bonds. The summed E-state index contributed by atoms with van der Waals surface area (Å²) in [6.45, 7) is 0. The van der Waals surface area contributed by atoms with Crippen LogP contribution in [0.25, 0.3) is 11.3 Å². The summed E-state index contributed by atoms with van der Waals surface area (Å²) in [5, 5.41) is 8.89. The minimum atomic E-state index is -0.166. The second-order valence-electron chi connectivity index (χ2n) is 5.80. The highest BCUT2D eigenvalue weighted by molar-refractivity contribution is 7.14. The van der Waals surface area contributed by atoms with Gasteiger partial charge in [-0.25, -0.2) is 9.78 Å². The Morgan fingerprint density at radius 1 is 1.12 bits per heavy atom. The van der Waals surface area contributed by atoms with Crippen LogP contribution in [-0.2, 0) is 0 Å². The number of aromatic nitrogens is 1. The zero-order chi connectivity index (χ0) is 18.5. The molecular weight excluding hydrogens is 348 g/mol. The largest absolute Gasteiger partial charge is 0.497 e. The lowest BCUT2D eigenvalue weighted by Crippen LogP contribution is -2.27. The van der Waals surface area contributed by atoms with E-state index < -0.39 is 0 Å². The van der Waals surface area contributed by atoms with E-state index in [1.807, 2.05) is 53.9 Å². The fourth-order valence-corrected chi connectivity index (χ4v) is 3.02. The summed E-state index contributed by atoms with van der Waals surface area (Å²) in [5.74, 6) is 0.788. The quantitative estimate of drug-likeness (QED) is 0.688. The minimum Gasteiger partial charge on any atom is -0.497 e. The molecule has 2 aromatic carbocycles. The molecule has 0 saturated heterocycles. The first kappa shape index (κ1) is 17.8. The third kappa shape index (κ3) is 4.31. The van der Waals surface area contributed by atoms with Gasteiger partial charge in [0, 0.05) is 42.5 Å². The Balaban J connectivity index is 1.76. The van der Waals surface area contributed by atoms with E-state index >= 15 is 0 Å². The van der Waals surface area contributed by atoms with E-state index in [9.17, 15) is 4.79 Å². The van der Waals surface area contributed by atoms with Gasteiger partial charge in [0.15, 0.2) is 5.13 Å². The minimum absolute atomic E-state index is 0.166. The Bertz CT molecular complexity index is 908. The number of thiazole rings is 1. The fourth-order valence-electron chi connectivity index (χ4n) is 2.28. The highest BCUT2D eigenvalue weighted by Gasteiger charge is 2.08. The van der Waals surface area contributed by atoms with Crippen LogP contribution in [0.3, 0.4) is 0 Å². The smallest absolute Gasteiger partial charge is 0.321 e. The monoisotopic (exact) mass is 368 g/mol. The van der Waals surface area contributed by atoms with Crippen LogP contribution in [0.15, 0.2) is 53.9 Å². The Labute approximate surface area is 156 Å². The van der Waals surface area contributed by atoms with Crippen LogP contribution in [0.4, 0.5) is 21.3 Å². The standard InChI is InChI=1S/C19H20N4O2S/c1-23(2)19(24)21-14-7-4-6-13(10-14)17-12-26-18(22-17)20-15-8-5-9-16(11-15)25-3/h4-12H,1-3H3,(H,20,22)(H,21,24). The number of hydrogen-bond acceptors (Lipinski definition) is 5. The van der Waals surface area contributed by atoms with Gasteiger partial charge in [-0.1, -0.05) is 18.2 Å². The summed E-state index contributed by atoms with van der Waals surface area (Å²) in [6.07, 6.45) is 0. The molecule has 1 heterocycles. The molecule has 0 spiro atoms. The topological polar surface area (TPSA) is 66.5 Å². The number of nitrogens with zero attached hydrogens (tertiary/aromatic N) is 2. The fraction of sp³-hybridized carbons (Fsp3) is 0.158. The number of amides is 2. The number of nitrogens with one attached hydrogen (secondary N) is 2.